The van der Waals surface area contributed by atoms with Crippen LogP contribution in [0.4, 0.5) is 0 Å². The minimum absolute atomic E-state index is 0.567. The molecule has 0 aromatic carbocycles. The number of rotatable bonds is 1. The highest BCUT2D eigenvalue weighted by Crippen LogP contribution is 2.30. The van der Waals surface area contributed by atoms with Gasteiger partial charge in [0.1, 0.15) is 5.82 Å². The highest BCUT2D eigenvalue weighted by molar-refractivity contribution is 5.11. The summed E-state index contributed by atoms with van der Waals surface area (Å²) < 4.78 is 2.39. The van der Waals surface area contributed by atoms with E-state index in [4.69, 9.17) is 4.98 Å². The predicted octanol–water partition coefficient (Wildman–Crippen LogP) is 2.62. The molecule has 0 amide bonds. The van der Waals surface area contributed by atoms with Crippen LogP contribution in [0, 0.1) is 5.92 Å². The molecule has 0 saturated carbocycles. The molecule has 2 unspecified atom stereocenters. The van der Waals surface area contributed by atoms with Crippen molar-refractivity contribution >= 4 is 0 Å². The van der Waals surface area contributed by atoms with Crippen molar-refractivity contribution in [2.24, 2.45) is 5.92 Å². The average Bonchev–Trinajstić information content (AvgIpc) is 2.72. The summed E-state index contributed by atoms with van der Waals surface area (Å²) in [6.45, 7) is 4.73. The van der Waals surface area contributed by atoms with Gasteiger partial charge in [-0.05, 0) is 38.8 Å². The summed E-state index contributed by atoms with van der Waals surface area (Å²) in [5.74, 6) is 2.13. The summed E-state index contributed by atoms with van der Waals surface area (Å²) in [6, 6.07) is 0.567. The molecule has 94 valence electrons. The highest BCUT2D eigenvalue weighted by atomic mass is 15.2. The van der Waals surface area contributed by atoms with Gasteiger partial charge in [0.05, 0.1) is 11.7 Å². The van der Waals surface area contributed by atoms with Gasteiger partial charge in [0.15, 0.2) is 0 Å². The zero-order valence-electron chi connectivity index (χ0n) is 11.0. The number of hydrogen-bond donors (Lipinski definition) is 0. The molecule has 3 nitrogen and oxygen atoms in total. The SMILES string of the molecule is CC1CCc2nc(C3CCCCN3C)cn2C1. The van der Waals surface area contributed by atoms with Crippen molar-refractivity contribution in [1.29, 1.82) is 0 Å². The first-order chi connectivity index (χ1) is 8.24. The van der Waals surface area contributed by atoms with Gasteiger partial charge in [0, 0.05) is 19.2 Å². The van der Waals surface area contributed by atoms with Gasteiger partial charge in [-0.1, -0.05) is 13.3 Å². The van der Waals surface area contributed by atoms with Gasteiger partial charge in [-0.2, -0.15) is 0 Å². The average molecular weight is 233 g/mol. The van der Waals surface area contributed by atoms with Gasteiger partial charge in [-0.25, -0.2) is 4.98 Å². The van der Waals surface area contributed by atoms with Gasteiger partial charge >= 0.3 is 0 Å². The fourth-order valence-electron chi connectivity index (χ4n) is 3.25. The van der Waals surface area contributed by atoms with Crippen LogP contribution in [0.5, 0.6) is 0 Å². The second-order valence-corrected chi connectivity index (χ2v) is 5.87. The normalized spacial score (nSPS) is 30.2. The van der Waals surface area contributed by atoms with E-state index in [0.717, 1.165) is 12.3 Å². The molecule has 0 aliphatic carbocycles. The standard InChI is InChI=1S/C14H23N3/c1-11-6-7-14-15-12(10-17(14)9-11)13-5-3-4-8-16(13)2/h10-11,13H,3-9H2,1-2H3. The Hall–Kier alpha value is -0.830. The van der Waals surface area contributed by atoms with E-state index in [1.807, 2.05) is 0 Å². The fourth-order valence-corrected chi connectivity index (χ4v) is 3.25. The molecule has 2 atom stereocenters. The predicted molar refractivity (Wildman–Crippen MR) is 68.9 cm³/mol. The van der Waals surface area contributed by atoms with Crippen LogP contribution < -0.4 is 0 Å². The zero-order chi connectivity index (χ0) is 11.8. The Kier molecular flexibility index (Phi) is 2.95. The summed E-state index contributed by atoms with van der Waals surface area (Å²) in [4.78, 5) is 7.35. The van der Waals surface area contributed by atoms with E-state index >= 15 is 0 Å². The van der Waals surface area contributed by atoms with E-state index in [0.29, 0.717) is 6.04 Å². The molecule has 3 heteroatoms. The molecular formula is C14H23N3. The quantitative estimate of drug-likeness (QED) is 0.743. The second kappa shape index (κ2) is 4.45. The number of fused-ring (bicyclic) bond motifs is 1. The van der Waals surface area contributed by atoms with Crippen molar-refractivity contribution in [2.75, 3.05) is 13.6 Å². The first-order valence-electron chi connectivity index (χ1n) is 7.00. The van der Waals surface area contributed by atoms with E-state index in [1.165, 1.54) is 50.3 Å². The molecule has 0 radical (unpaired) electrons. The van der Waals surface area contributed by atoms with Gasteiger partial charge in [-0.15, -0.1) is 0 Å². The topological polar surface area (TPSA) is 21.1 Å². The summed E-state index contributed by atoms with van der Waals surface area (Å²) in [5.41, 5.74) is 1.32. The smallest absolute Gasteiger partial charge is 0.109 e. The van der Waals surface area contributed by atoms with E-state index in [1.54, 1.807) is 0 Å². The first-order valence-corrected chi connectivity index (χ1v) is 7.00. The monoisotopic (exact) mass is 233 g/mol. The maximum absolute atomic E-state index is 4.88. The largest absolute Gasteiger partial charge is 0.334 e. The lowest BCUT2D eigenvalue weighted by molar-refractivity contribution is 0.184. The summed E-state index contributed by atoms with van der Waals surface area (Å²) >= 11 is 0. The van der Waals surface area contributed by atoms with Gasteiger partial charge < -0.3 is 4.57 Å². The van der Waals surface area contributed by atoms with Crippen LogP contribution >= 0.6 is 0 Å². The molecule has 0 N–H and O–H groups in total. The van der Waals surface area contributed by atoms with Crippen LogP contribution in [0.3, 0.4) is 0 Å². The third-order valence-electron chi connectivity index (χ3n) is 4.36. The van der Waals surface area contributed by atoms with Crippen molar-refractivity contribution in [3.63, 3.8) is 0 Å². The number of aromatic nitrogens is 2. The van der Waals surface area contributed by atoms with Crippen LogP contribution in [-0.2, 0) is 13.0 Å². The molecular weight excluding hydrogens is 210 g/mol. The molecule has 1 aromatic rings. The summed E-state index contributed by atoms with van der Waals surface area (Å²) in [7, 11) is 2.24. The van der Waals surface area contributed by atoms with Crippen LogP contribution in [0.2, 0.25) is 0 Å². The molecule has 1 fully saturated rings. The molecule has 1 saturated heterocycles. The third kappa shape index (κ3) is 2.13. The van der Waals surface area contributed by atoms with Crippen LogP contribution in [0.1, 0.15) is 50.2 Å². The number of imidazole rings is 1. The zero-order valence-corrected chi connectivity index (χ0v) is 11.0. The highest BCUT2D eigenvalue weighted by Gasteiger charge is 2.25. The summed E-state index contributed by atoms with van der Waals surface area (Å²) in [5, 5.41) is 0. The molecule has 17 heavy (non-hydrogen) atoms. The maximum Gasteiger partial charge on any atom is 0.109 e. The van der Waals surface area contributed by atoms with E-state index in [2.05, 4.69) is 29.6 Å². The van der Waals surface area contributed by atoms with Gasteiger partial charge in [0.2, 0.25) is 0 Å². The molecule has 1 aromatic heterocycles. The second-order valence-electron chi connectivity index (χ2n) is 5.87. The lowest BCUT2D eigenvalue weighted by Gasteiger charge is -2.31. The number of nitrogens with zero attached hydrogens (tertiary/aromatic N) is 3. The fraction of sp³-hybridized carbons (Fsp3) is 0.786. The lowest BCUT2D eigenvalue weighted by atomic mass is 10.0. The van der Waals surface area contributed by atoms with Crippen molar-refractivity contribution in [2.45, 2.75) is 51.6 Å². The third-order valence-corrected chi connectivity index (χ3v) is 4.36. The number of hydrogen-bond acceptors (Lipinski definition) is 2. The molecule has 0 spiro atoms. The number of piperidine rings is 1. The lowest BCUT2D eigenvalue weighted by Crippen LogP contribution is -2.29. The maximum atomic E-state index is 4.88. The van der Waals surface area contributed by atoms with Crippen LogP contribution in [-0.4, -0.2) is 28.0 Å². The Balaban J connectivity index is 1.84. The molecule has 3 rings (SSSR count). The molecule has 2 aliphatic heterocycles. The Morgan fingerprint density at radius 3 is 3.00 bits per heavy atom. The Bertz CT molecular complexity index is 396. The van der Waals surface area contributed by atoms with Crippen molar-refractivity contribution in [1.82, 2.24) is 14.5 Å². The van der Waals surface area contributed by atoms with E-state index in [-0.39, 0.29) is 0 Å². The number of likely N-dealkylation sites (tertiary alicyclic amines) is 1. The Morgan fingerprint density at radius 1 is 1.29 bits per heavy atom. The Labute approximate surface area is 104 Å². The minimum atomic E-state index is 0.567. The Morgan fingerprint density at radius 2 is 2.18 bits per heavy atom. The van der Waals surface area contributed by atoms with Gasteiger partial charge in [0.25, 0.3) is 0 Å². The van der Waals surface area contributed by atoms with E-state index < -0.39 is 0 Å². The molecule has 2 aliphatic rings. The van der Waals surface area contributed by atoms with Crippen molar-refractivity contribution < 1.29 is 0 Å². The molecule has 3 heterocycles. The van der Waals surface area contributed by atoms with E-state index in [9.17, 15) is 0 Å². The first kappa shape index (κ1) is 11.3. The van der Waals surface area contributed by atoms with Gasteiger partial charge in [-0.3, -0.25) is 4.90 Å². The number of aryl methyl sites for hydroxylation is 1. The molecule has 0 bridgehead atoms. The van der Waals surface area contributed by atoms with Crippen molar-refractivity contribution in [3.05, 3.63) is 17.7 Å². The van der Waals surface area contributed by atoms with Crippen LogP contribution in [0.25, 0.3) is 0 Å². The summed E-state index contributed by atoms with van der Waals surface area (Å²) in [6.07, 6.45) is 8.76. The van der Waals surface area contributed by atoms with Crippen LogP contribution in [0.15, 0.2) is 6.20 Å². The van der Waals surface area contributed by atoms with Crippen molar-refractivity contribution in [3.8, 4) is 0 Å². The minimum Gasteiger partial charge on any atom is -0.334 e.